The van der Waals surface area contributed by atoms with Crippen molar-refractivity contribution in [2.75, 3.05) is 5.32 Å². The number of anilines is 1. The van der Waals surface area contributed by atoms with Crippen LogP contribution in [0.4, 0.5) is 10.5 Å². The van der Waals surface area contributed by atoms with E-state index in [0.29, 0.717) is 18.1 Å². The second-order valence-electron chi connectivity index (χ2n) is 5.19. The molecule has 3 rings (SSSR count). The lowest BCUT2D eigenvalue weighted by Crippen LogP contribution is -2.28. The van der Waals surface area contributed by atoms with Gasteiger partial charge in [0.15, 0.2) is 0 Å². The number of nitrogens with one attached hydrogen (secondary N) is 2. The molecule has 0 saturated heterocycles. The molecule has 0 unspecified atom stereocenters. The molecule has 2 N–H and O–H groups in total. The first-order chi connectivity index (χ1) is 11.2. The number of benzene rings is 2. The van der Waals surface area contributed by atoms with E-state index in [0.717, 1.165) is 16.8 Å². The van der Waals surface area contributed by atoms with E-state index in [1.165, 1.54) is 0 Å². The number of hydrogen-bond donors (Lipinski definition) is 2. The Morgan fingerprint density at radius 1 is 1.13 bits per heavy atom. The van der Waals surface area contributed by atoms with E-state index in [2.05, 4.69) is 15.6 Å². The molecule has 116 valence electrons. The van der Waals surface area contributed by atoms with Gasteiger partial charge in [0.25, 0.3) is 0 Å². The standard InChI is InChI=1S/C18H17N3O2/c1-13-6-5-9-15(10-13)21-18(22)19-11-16-12-23-17(20-16)14-7-3-2-4-8-14/h2-10,12H,11H2,1H3,(H2,19,21,22). The highest BCUT2D eigenvalue weighted by molar-refractivity contribution is 5.89. The summed E-state index contributed by atoms with van der Waals surface area (Å²) in [5, 5.41) is 5.54. The topological polar surface area (TPSA) is 67.2 Å². The molecular weight excluding hydrogens is 290 g/mol. The third kappa shape index (κ3) is 3.97. The van der Waals surface area contributed by atoms with Crippen molar-refractivity contribution in [2.24, 2.45) is 0 Å². The third-order valence-electron chi connectivity index (χ3n) is 3.28. The molecule has 0 aliphatic heterocycles. The zero-order chi connectivity index (χ0) is 16.1. The van der Waals surface area contributed by atoms with Gasteiger partial charge in [0.1, 0.15) is 6.26 Å². The molecule has 0 bridgehead atoms. The predicted octanol–water partition coefficient (Wildman–Crippen LogP) is 3.97. The van der Waals surface area contributed by atoms with Crippen LogP contribution in [0.3, 0.4) is 0 Å². The Labute approximate surface area is 134 Å². The molecule has 0 aliphatic carbocycles. The Bertz CT molecular complexity index is 797. The lowest BCUT2D eigenvalue weighted by Gasteiger charge is -2.06. The maximum absolute atomic E-state index is 11.9. The van der Waals surface area contributed by atoms with Crippen molar-refractivity contribution in [3.8, 4) is 11.5 Å². The minimum absolute atomic E-state index is 0.278. The van der Waals surface area contributed by atoms with E-state index in [9.17, 15) is 4.79 Å². The average molecular weight is 307 g/mol. The van der Waals surface area contributed by atoms with Crippen LogP contribution in [0.2, 0.25) is 0 Å². The first-order valence-electron chi connectivity index (χ1n) is 7.32. The molecule has 1 heterocycles. The average Bonchev–Trinajstić information content (AvgIpc) is 3.03. The van der Waals surface area contributed by atoms with E-state index in [1.807, 2.05) is 61.5 Å². The fraction of sp³-hybridized carbons (Fsp3) is 0.111. The molecule has 5 heteroatoms. The lowest BCUT2D eigenvalue weighted by molar-refractivity contribution is 0.251. The second kappa shape index (κ2) is 6.79. The molecule has 0 radical (unpaired) electrons. The van der Waals surface area contributed by atoms with Crippen molar-refractivity contribution in [3.05, 3.63) is 72.1 Å². The summed E-state index contributed by atoms with van der Waals surface area (Å²) in [6, 6.07) is 17.0. The quantitative estimate of drug-likeness (QED) is 0.766. The molecule has 0 aliphatic rings. The predicted molar refractivity (Wildman–Crippen MR) is 89.0 cm³/mol. The molecule has 2 aromatic carbocycles. The van der Waals surface area contributed by atoms with Gasteiger partial charge in [-0.3, -0.25) is 0 Å². The molecule has 23 heavy (non-hydrogen) atoms. The highest BCUT2D eigenvalue weighted by Gasteiger charge is 2.07. The summed E-state index contributed by atoms with van der Waals surface area (Å²) in [7, 11) is 0. The molecule has 1 aromatic heterocycles. The SMILES string of the molecule is Cc1cccc(NC(=O)NCc2coc(-c3ccccc3)n2)c1. The number of amides is 2. The van der Waals surface area contributed by atoms with Crippen LogP contribution in [0, 0.1) is 6.92 Å². The van der Waals surface area contributed by atoms with E-state index >= 15 is 0 Å². The van der Waals surface area contributed by atoms with Gasteiger partial charge in [0.05, 0.1) is 12.2 Å². The van der Waals surface area contributed by atoms with Crippen molar-refractivity contribution in [1.29, 1.82) is 0 Å². The Hall–Kier alpha value is -3.08. The van der Waals surface area contributed by atoms with Crippen LogP contribution in [-0.2, 0) is 6.54 Å². The van der Waals surface area contributed by atoms with Crippen molar-refractivity contribution < 1.29 is 9.21 Å². The molecular formula is C18H17N3O2. The van der Waals surface area contributed by atoms with Crippen molar-refractivity contribution in [3.63, 3.8) is 0 Å². The summed E-state index contributed by atoms with van der Waals surface area (Å²) in [6.07, 6.45) is 1.55. The largest absolute Gasteiger partial charge is 0.444 e. The number of carbonyl (C=O) groups is 1. The third-order valence-corrected chi connectivity index (χ3v) is 3.28. The Kier molecular flexibility index (Phi) is 4.38. The van der Waals surface area contributed by atoms with Crippen LogP contribution in [0.5, 0.6) is 0 Å². The fourth-order valence-corrected chi connectivity index (χ4v) is 2.17. The van der Waals surface area contributed by atoms with Gasteiger partial charge in [-0.2, -0.15) is 0 Å². The van der Waals surface area contributed by atoms with Crippen LogP contribution < -0.4 is 10.6 Å². The van der Waals surface area contributed by atoms with Crippen LogP contribution in [-0.4, -0.2) is 11.0 Å². The summed E-state index contributed by atoms with van der Waals surface area (Å²) < 4.78 is 5.43. The second-order valence-corrected chi connectivity index (χ2v) is 5.19. The number of oxazole rings is 1. The lowest BCUT2D eigenvalue weighted by atomic mass is 10.2. The highest BCUT2D eigenvalue weighted by Crippen LogP contribution is 2.17. The fourth-order valence-electron chi connectivity index (χ4n) is 2.17. The number of aryl methyl sites for hydroxylation is 1. The smallest absolute Gasteiger partial charge is 0.319 e. The van der Waals surface area contributed by atoms with Gasteiger partial charge in [-0.05, 0) is 36.8 Å². The zero-order valence-corrected chi connectivity index (χ0v) is 12.7. The molecule has 0 spiro atoms. The van der Waals surface area contributed by atoms with Gasteiger partial charge in [-0.25, -0.2) is 9.78 Å². The molecule has 2 amide bonds. The first kappa shape index (κ1) is 14.8. The van der Waals surface area contributed by atoms with Crippen molar-refractivity contribution in [1.82, 2.24) is 10.3 Å². The van der Waals surface area contributed by atoms with E-state index < -0.39 is 0 Å². The van der Waals surface area contributed by atoms with E-state index in [4.69, 9.17) is 4.42 Å². The summed E-state index contributed by atoms with van der Waals surface area (Å²) >= 11 is 0. The molecule has 3 aromatic rings. The number of urea groups is 1. The van der Waals surface area contributed by atoms with Gasteiger partial charge in [0.2, 0.25) is 5.89 Å². The van der Waals surface area contributed by atoms with Crippen LogP contribution in [0.1, 0.15) is 11.3 Å². The summed E-state index contributed by atoms with van der Waals surface area (Å²) in [5.41, 5.74) is 3.42. The van der Waals surface area contributed by atoms with Crippen LogP contribution in [0.15, 0.2) is 65.3 Å². The zero-order valence-electron chi connectivity index (χ0n) is 12.7. The summed E-state index contributed by atoms with van der Waals surface area (Å²) in [6.45, 7) is 2.28. The van der Waals surface area contributed by atoms with Gasteiger partial charge >= 0.3 is 6.03 Å². The van der Waals surface area contributed by atoms with Gasteiger partial charge < -0.3 is 15.1 Å². The van der Waals surface area contributed by atoms with Crippen molar-refractivity contribution >= 4 is 11.7 Å². The van der Waals surface area contributed by atoms with Gasteiger partial charge in [0, 0.05) is 11.3 Å². The monoisotopic (exact) mass is 307 g/mol. The molecule has 5 nitrogen and oxygen atoms in total. The molecule has 0 fully saturated rings. The normalized spacial score (nSPS) is 10.3. The summed E-state index contributed by atoms with van der Waals surface area (Å²) in [4.78, 5) is 16.3. The highest BCUT2D eigenvalue weighted by atomic mass is 16.3. The minimum Gasteiger partial charge on any atom is -0.444 e. The Balaban J connectivity index is 1.56. The molecule has 0 saturated carbocycles. The number of rotatable bonds is 4. The minimum atomic E-state index is -0.278. The number of aromatic nitrogens is 1. The number of nitrogens with zero attached hydrogens (tertiary/aromatic N) is 1. The number of carbonyl (C=O) groups excluding carboxylic acids is 1. The summed E-state index contributed by atoms with van der Waals surface area (Å²) in [5.74, 6) is 0.543. The Morgan fingerprint density at radius 3 is 2.74 bits per heavy atom. The van der Waals surface area contributed by atoms with E-state index in [-0.39, 0.29) is 6.03 Å². The molecule has 0 atom stereocenters. The van der Waals surface area contributed by atoms with Crippen molar-refractivity contribution in [2.45, 2.75) is 13.5 Å². The first-order valence-corrected chi connectivity index (χ1v) is 7.32. The van der Waals surface area contributed by atoms with Crippen LogP contribution in [0.25, 0.3) is 11.5 Å². The van der Waals surface area contributed by atoms with E-state index in [1.54, 1.807) is 6.26 Å². The Morgan fingerprint density at radius 2 is 1.96 bits per heavy atom. The maximum Gasteiger partial charge on any atom is 0.319 e. The maximum atomic E-state index is 11.9. The van der Waals surface area contributed by atoms with Gasteiger partial charge in [-0.1, -0.05) is 30.3 Å². The van der Waals surface area contributed by atoms with Gasteiger partial charge in [-0.15, -0.1) is 0 Å². The van der Waals surface area contributed by atoms with Crippen LogP contribution >= 0.6 is 0 Å². The number of hydrogen-bond acceptors (Lipinski definition) is 3.